The van der Waals surface area contributed by atoms with Crippen LogP contribution in [-0.4, -0.2) is 6.21 Å². The summed E-state index contributed by atoms with van der Waals surface area (Å²) in [5, 5.41) is 7.04. The standard InChI is InChI=1S/C8H10N2S/c1-5-2-6(4-9)8(10)7(11)3-5/h2-4,9,11H,10H2,1H3. The fraction of sp³-hybridized carbons (Fsp3) is 0.125. The van der Waals surface area contributed by atoms with Gasteiger partial charge in [0.05, 0.1) is 5.69 Å². The average Bonchev–Trinajstić information content (AvgIpc) is 1.96. The topological polar surface area (TPSA) is 49.9 Å². The third-order valence-electron chi connectivity index (χ3n) is 1.49. The molecule has 1 aromatic carbocycles. The highest BCUT2D eigenvalue weighted by molar-refractivity contribution is 7.80. The fourth-order valence-corrected chi connectivity index (χ4v) is 1.26. The fourth-order valence-electron chi connectivity index (χ4n) is 0.925. The van der Waals surface area contributed by atoms with Gasteiger partial charge in [-0.2, -0.15) is 0 Å². The predicted octanol–water partition coefficient (Wildman–Crippen LogP) is 1.86. The second-order valence-electron chi connectivity index (χ2n) is 2.43. The summed E-state index contributed by atoms with van der Waals surface area (Å²) in [5.74, 6) is 0. The van der Waals surface area contributed by atoms with Crippen molar-refractivity contribution in [3.05, 3.63) is 23.3 Å². The molecule has 0 amide bonds. The van der Waals surface area contributed by atoms with Crippen molar-refractivity contribution in [1.29, 1.82) is 5.41 Å². The van der Waals surface area contributed by atoms with E-state index in [-0.39, 0.29) is 0 Å². The molecule has 0 heterocycles. The zero-order valence-corrected chi connectivity index (χ0v) is 7.15. The minimum Gasteiger partial charge on any atom is -0.397 e. The molecule has 2 nitrogen and oxygen atoms in total. The average molecular weight is 166 g/mol. The molecule has 58 valence electrons. The maximum atomic E-state index is 7.04. The molecule has 0 radical (unpaired) electrons. The van der Waals surface area contributed by atoms with Gasteiger partial charge in [-0.15, -0.1) is 12.6 Å². The van der Waals surface area contributed by atoms with Gasteiger partial charge in [-0.3, -0.25) is 0 Å². The lowest BCUT2D eigenvalue weighted by Gasteiger charge is -2.03. The second-order valence-corrected chi connectivity index (χ2v) is 2.91. The van der Waals surface area contributed by atoms with E-state index >= 15 is 0 Å². The van der Waals surface area contributed by atoms with E-state index in [4.69, 9.17) is 11.1 Å². The van der Waals surface area contributed by atoms with Crippen molar-refractivity contribution in [2.75, 3.05) is 5.73 Å². The number of nitrogens with two attached hydrogens (primary N) is 1. The van der Waals surface area contributed by atoms with Gasteiger partial charge in [-0.05, 0) is 24.6 Å². The number of aryl methyl sites for hydroxylation is 1. The van der Waals surface area contributed by atoms with Crippen molar-refractivity contribution in [3.8, 4) is 0 Å². The van der Waals surface area contributed by atoms with Gasteiger partial charge in [0.15, 0.2) is 0 Å². The maximum absolute atomic E-state index is 7.04. The summed E-state index contributed by atoms with van der Waals surface area (Å²) in [5.41, 5.74) is 8.02. The molecule has 3 N–H and O–H groups in total. The highest BCUT2D eigenvalue weighted by Gasteiger charge is 2.00. The Morgan fingerprint density at radius 2 is 2.18 bits per heavy atom. The van der Waals surface area contributed by atoms with Crippen molar-refractivity contribution in [1.82, 2.24) is 0 Å². The van der Waals surface area contributed by atoms with Gasteiger partial charge in [-0.1, -0.05) is 0 Å². The van der Waals surface area contributed by atoms with Crippen LogP contribution in [0.25, 0.3) is 0 Å². The van der Waals surface area contributed by atoms with E-state index in [9.17, 15) is 0 Å². The van der Waals surface area contributed by atoms with Crippen LogP contribution in [0.5, 0.6) is 0 Å². The van der Waals surface area contributed by atoms with Crippen molar-refractivity contribution in [2.45, 2.75) is 11.8 Å². The lowest BCUT2D eigenvalue weighted by molar-refractivity contribution is 1.36. The van der Waals surface area contributed by atoms with Crippen LogP contribution in [0.4, 0.5) is 5.69 Å². The molecule has 0 bridgehead atoms. The third-order valence-corrected chi connectivity index (χ3v) is 1.86. The number of anilines is 1. The van der Waals surface area contributed by atoms with Gasteiger partial charge < -0.3 is 11.1 Å². The minimum absolute atomic E-state index is 0.578. The lowest BCUT2D eigenvalue weighted by Crippen LogP contribution is -1.95. The predicted molar refractivity (Wildman–Crippen MR) is 50.7 cm³/mol. The third kappa shape index (κ3) is 1.54. The number of hydrogen-bond acceptors (Lipinski definition) is 3. The number of nitrogen functional groups attached to an aromatic ring is 1. The van der Waals surface area contributed by atoms with E-state index < -0.39 is 0 Å². The van der Waals surface area contributed by atoms with E-state index in [1.807, 2.05) is 19.1 Å². The summed E-state index contributed by atoms with van der Waals surface area (Å²) >= 11 is 4.16. The van der Waals surface area contributed by atoms with Crippen LogP contribution in [0, 0.1) is 12.3 Å². The van der Waals surface area contributed by atoms with Crippen LogP contribution < -0.4 is 5.73 Å². The van der Waals surface area contributed by atoms with Gasteiger partial charge in [-0.25, -0.2) is 0 Å². The molecular formula is C8H10N2S. The molecule has 1 aromatic rings. The molecule has 1 rings (SSSR count). The zero-order valence-electron chi connectivity index (χ0n) is 6.26. The highest BCUT2D eigenvalue weighted by Crippen LogP contribution is 2.21. The van der Waals surface area contributed by atoms with Crippen LogP contribution in [0.1, 0.15) is 11.1 Å². The van der Waals surface area contributed by atoms with Crippen molar-refractivity contribution in [2.24, 2.45) is 0 Å². The molecule has 0 aliphatic carbocycles. The number of thiol groups is 1. The first-order valence-corrected chi connectivity index (χ1v) is 3.69. The van der Waals surface area contributed by atoms with Crippen molar-refractivity contribution in [3.63, 3.8) is 0 Å². The SMILES string of the molecule is Cc1cc(S)c(N)c(C=N)c1. The largest absolute Gasteiger partial charge is 0.397 e. The van der Waals surface area contributed by atoms with Crippen LogP contribution in [0.2, 0.25) is 0 Å². The highest BCUT2D eigenvalue weighted by atomic mass is 32.1. The van der Waals surface area contributed by atoms with Gasteiger partial charge in [0.2, 0.25) is 0 Å². The van der Waals surface area contributed by atoms with E-state index in [2.05, 4.69) is 12.6 Å². The Kier molecular flexibility index (Phi) is 2.19. The molecule has 0 fully saturated rings. The minimum atomic E-state index is 0.578. The number of benzene rings is 1. The number of hydrogen-bond donors (Lipinski definition) is 3. The second kappa shape index (κ2) is 2.96. The van der Waals surface area contributed by atoms with E-state index in [1.54, 1.807) is 0 Å². The summed E-state index contributed by atoms with van der Waals surface area (Å²) in [4.78, 5) is 0.739. The molecule has 11 heavy (non-hydrogen) atoms. The van der Waals surface area contributed by atoms with Gasteiger partial charge in [0.1, 0.15) is 0 Å². The molecule has 0 aliphatic heterocycles. The molecule has 0 saturated carbocycles. The van der Waals surface area contributed by atoms with E-state index in [0.29, 0.717) is 5.69 Å². The first-order valence-electron chi connectivity index (χ1n) is 3.24. The van der Waals surface area contributed by atoms with E-state index in [1.165, 1.54) is 6.21 Å². The lowest BCUT2D eigenvalue weighted by atomic mass is 10.1. The molecule has 0 spiro atoms. The molecule has 0 unspecified atom stereocenters. The zero-order chi connectivity index (χ0) is 8.43. The Labute approximate surface area is 71.3 Å². The normalized spacial score (nSPS) is 9.64. The quantitative estimate of drug-likeness (QED) is 0.333. The van der Waals surface area contributed by atoms with Crippen LogP contribution in [-0.2, 0) is 0 Å². The molecule has 3 heteroatoms. The first kappa shape index (κ1) is 8.14. The van der Waals surface area contributed by atoms with Gasteiger partial charge >= 0.3 is 0 Å². The van der Waals surface area contributed by atoms with E-state index in [0.717, 1.165) is 16.0 Å². The van der Waals surface area contributed by atoms with Crippen LogP contribution >= 0.6 is 12.6 Å². The van der Waals surface area contributed by atoms with Crippen LogP contribution in [0.15, 0.2) is 17.0 Å². The van der Waals surface area contributed by atoms with Gasteiger partial charge in [0.25, 0.3) is 0 Å². The molecule has 0 saturated heterocycles. The maximum Gasteiger partial charge on any atom is 0.0538 e. The number of nitrogens with one attached hydrogen (secondary N) is 1. The summed E-state index contributed by atoms with van der Waals surface area (Å²) in [6.07, 6.45) is 1.24. The molecule has 0 atom stereocenters. The smallest absolute Gasteiger partial charge is 0.0538 e. The Balaban J connectivity index is 3.35. The Morgan fingerprint density at radius 1 is 1.55 bits per heavy atom. The Morgan fingerprint density at radius 3 is 2.73 bits per heavy atom. The van der Waals surface area contributed by atoms with Crippen molar-refractivity contribution >= 4 is 24.5 Å². The monoisotopic (exact) mass is 166 g/mol. The molecular weight excluding hydrogens is 156 g/mol. The number of rotatable bonds is 1. The summed E-state index contributed by atoms with van der Waals surface area (Å²) < 4.78 is 0. The van der Waals surface area contributed by atoms with Gasteiger partial charge in [0, 0.05) is 16.7 Å². The molecule has 0 aromatic heterocycles. The summed E-state index contributed by atoms with van der Waals surface area (Å²) in [7, 11) is 0. The Hall–Kier alpha value is -0.960. The Bertz CT molecular complexity index is 294. The first-order chi connectivity index (χ1) is 5.15. The van der Waals surface area contributed by atoms with Crippen molar-refractivity contribution < 1.29 is 0 Å². The van der Waals surface area contributed by atoms with Crippen LogP contribution in [0.3, 0.4) is 0 Å². The summed E-state index contributed by atoms with van der Waals surface area (Å²) in [6.45, 7) is 1.95. The summed E-state index contributed by atoms with van der Waals surface area (Å²) in [6, 6.07) is 3.74. The molecule has 0 aliphatic rings.